The van der Waals surface area contributed by atoms with Gasteiger partial charge in [0.15, 0.2) is 0 Å². The second-order valence-corrected chi connectivity index (χ2v) is 6.94. The van der Waals surface area contributed by atoms with Gasteiger partial charge in [-0.1, -0.05) is 32.0 Å². The molecule has 0 spiro atoms. The van der Waals surface area contributed by atoms with E-state index in [0.717, 1.165) is 24.3 Å². The molecule has 0 aliphatic heterocycles. The Labute approximate surface area is 150 Å². The van der Waals surface area contributed by atoms with E-state index in [0.29, 0.717) is 18.5 Å². The highest BCUT2D eigenvalue weighted by Gasteiger charge is 2.30. The summed E-state index contributed by atoms with van der Waals surface area (Å²) in [5.74, 6) is 0.590. The van der Waals surface area contributed by atoms with Crippen LogP contribution in [0.2, 0.25) is 0 Å². The Morgan fingerprint density at radius 3 is 2.60 bits per heavy atom. The van der Waals surface area contributed by atoms with Gasteiger partial charge in [-0.05, 0) is 55.0 Å². The van der Waals surface area contributed by atoms with E-state index in [4.69, 9.17) is 0 Å². The third-order valence-corrected chi connectivity index (χ3v) is 4.88. The van der Waals surface area contributed by atoms with Gasteiger partial charge in [-0.2, -0.15) is 0 Å². The van der Waals surface area contributed by atoms with Gasteiger partial charge in [0.05, 0.1) is 12.2 Å². The van der Waals surface area contributed by atoms with Gasteiger partial charge in [-0.3, -0.25) is 14.7 Å². The molecule has 0 unspecified atom stereocenters. The van der Waals surface area contributed by atoms with Gasteiger partial charge >= 0.3 is 0 Å². The lowest BCUT2D eigenvalue weighted by Crippen LogP contribution is -2.34. The normalized spacial score (nSPS) is 15.2. The molecular weight excluding hydrogens is 310 g/mol. The topological polar surface area (TPSA) is 45.2 Å². The van der Waals surface area contributed by atoms with Crippen LogP contribution in [-0.2, 0) is 11.3 Å². The number of anilines is 1. The third kappa shape index (κ3) is 5.13. The van der Waals surface area contributed by atoms with Crippen molar-refractivity contribution in [1.82, 2.24) is 9.88 Å². The molecule has 1 aliphatic carbocycles. The van der Waals surface area contributed by atoms with Crippen LogP contribution in [0.5, 0.6) is 0 Å². The molecule has 0 bridgehead atoms. The lowest BCUT2D eigenvalue weighted by Gasteiger charge is -2.21. The minimum Gasteiger partial charge on any atom is -0.325 e. The first kappa shape index (κ1) is 17.6. The SMILES string of the molecule is CC[C@@H](C)c1ccc(NC(=O)CN(Cc2ccccn2)C2CC2)cc1. The average molecular weight is 337 g/mol. The quantitative estimate of drug-likeness (QED) is 0.785. The summed E-state index contributed by atoms with van der Waals surface area (Å²) < 4.78 is 0. The van der Waals surface area contributed by atoms with E-state index < -0.39 is 0 Å². The zero-order valence-corrected chi connectivity index (χ0v) is 15.1. The fourth-order valence-corrected chi connectivity index (χ4v) is 2.97. The van der Waals surface area contributed by atoms with Crippen LogP contribution < -0.4 is 5.32 Å². The summed E-state index contributed by atoms with van der Waals surface area (Å²) in [5.41, 5.74) is 3.20. The van der Waals surface area contributed by atoms with Crippen molar-refractivity contribution < 1.29 is 4.79 Å². The Hall–Kier alpha value is -2.20. The summed E-state index contributed by atoms with van der Waals surface area (Å²) in [6, 6.07) is 14.7. The van der Waals surface area contributed by atoms with Crippen LogP contribution in [0, 0.1) is 0 Å². The number of nitrogens with one attached hydrogen (secondary N) is 1. The molecule has 3 rings (SSSR count). The number of benzene rings is 1. The maximum atomic E-state index is 12.4. The molecule has 0 saturated heterocycles. The van der Waals surface area contributed by atoms with Crippen LogP contribution in [0.25, 0.3) is 0 Å². The van der Waals surface area contributed by atoms with Crippen molar-refractivity contribution in [3.05, 3.63) is 59.9 Å². The van der Waals surface area contributed by atoms with Crippen LogP contribution in [0.3, 0.4) is 0 Å². The summed E-state index contributed by atoms with van der Waals surface area (Å²) in [6.45, 7) is 5.55. The zero-order valence-electron chi connectivity index (χ0n) is 15.1. The third-order valence-electron chi connectivity index (χ3n) is 4.88. The molecule has 1 saturated carbocycles. The predicted molar refractivity (Wildman–Crippen MR) is 101 cm³/mol. The minimum absolute atomic E-state index is 0.0409. The summed E-state index contributed by atoms with van der Waals surface area (Å²) in [6.07, 6.45) is 5.27. The van der Waals surface area contributed by atoms with Crippen molar-refractivity contribution in [1.29, 1.82) is 0 Å². The number of carbonyl (C=O) groups is 1. The van der Waals surface area contributed by atoms with E-state index >= 15 is 0 Å². The highest BCUT2D eigenvalue weighted by molar-refractivity contribution is 5.92. The molecule has 132 valence electrons. The van der Waals surface area contributed by atoms with E-state index in [1.54, 1.807) is 6.20 Å². The van der Waals surface area contributed by atoms with Gasteiger partial charge in [-0.25, -0.2) is 0 Å². The molecule has 2 aromatic rings. The van der Waals surface area contributed by atoms with Crippen molar-refractivity contribution in [2.45, 2.75) is 51.6 Å². The fraction of sp³-hybridized carbons (Fsp3) is 0.429. The zero-order chi connectivity index (χ0) is 17.6. The molecule has 1 atom stereocenters. The molecule has 1 aromatic carbocycles. The lowest BCUT2D eigenvalue weighted by molar-refractivity contribution is -0.117. The standard InChI is InChI=1S/C21H27N3O/c1-3-16(2)17-7-9-18(10-8-17)23-21(25)15-24(20-11-12-20)14-19-6-4-5-13-22-19/h4-10,13,16,20H,3,11-12,14-15H2,1-2H3,(H,23,25)/t16-/m1/s1. The van der Waals surface area contributed by atoms with Gasteiger partial charge in [0.1, 0.15) is 0 Å². The number of amides is 1. The fourth-order valence-electron chi connectivity index (χ4n) is 2.97. The number of hydrogen-bond donors (Lipinski definition) is 1. The van der Waals surface area contributed by atoms with Gasteiger partial charge < -0.3 is 5.32 Å². The van der Waals surface area contributed by atoms with Gasteiger partial charge in [0.25, 0.3) is 0 Å². The molecule has 0 radical (unpaired) electrons. The molecule has 4 heteroatoms. The molecule has 1 aliphatic rings. The first-order valence-corrected chi connectivity index (χ1v) is 9.19. The highest BCUT2D eigenvalue weighted by atomic mass is 16.2. The maximum absolute atomic E-state index is 12.4. The van der Waals surface area contributed by atoms with Crippen LogP contribution >= 0.6 is 0 Å². The summed E-state index contributed by atoms with van der Waals surface area (Å²) in [5, 5.41) is 3.02. The predicted octanol–water partition coefficient (Wildman–Crippen LogP) is 4.20. The van der Waals surface area contributed by atoms with Gasteiger partial charge in [0.2, 0.25) is 5.91 Å². The molecule has 1 fully saturated rings. The number of hydrogen-bond acceptors (Lipinski definition) is 3. The average Bonchev–Trinajstić information content (AvgIpc) is 3.47. The molecular formula is C21H27N3O. The first-order chi connectivity index (χ1) is 12.2. The summed E-state index contributed by atoms with van der Waals surface area (Å²) in [4.78, 5) is 19.1. The van der Waals surface area contributed by atoms with Gasteiger partial charge in [0, 0.05) is 24.5 Å². The van der Waals surface area contributed by atoms with Crippen molar-refractivity contribution in [3.63, 3.8) is 0 Å². The van der Waals surface area contributed by atoms with Crippen LogP contribution in [0.1, 0.15) is 50.3 Å². The molecule has 1 heterocycles. The van der Waals surface area contributed by atoms with Crippen LogP contribution in [0.4, 0.5) is 5.69 Å². The number of aromatic nitrogens is 1. The summed E-state index contributed by atoms with van der Waals surface area (Å²) in [7, 11) is 0. The number of carbonyl (C=O) groups excluding carboxylic acids is 1. The Kier molecular flexibility index (Phi) is 5.82. The Morgan fingerprint density at radius 1 is 1.24 bits per heavy atom. The van der Waals surface area contributed by atoms with Crippen molar-refractivity contribution in [2.24, 2.45) is 0 Å². The highest BCUT2D eigenvalue weighted by Crippen LogP contribution is 2.28. The van der Waals surface area contributed by atoms with Crippen molar-refractivity contribution in [2.75, 3.05) is 11.9 Å². The van der Waals surface area contributed by atoms with Gasteiger partial charge in [-0.15, -0.1) is 0 Å². The van der Waals surface area contributed by atoms with E-state index in [-0.39, 0.29) is 5.91 Å². The monoisotopic (exact) mass is 337 g/mol. The molecule has 1 aromatic heterocycles. The second kappa shape index (κ2) is 8.26. The molecule has 1 amide bonds. The molecule has 4 nitrogen and oxygen atoms in total. The summed E-state index contributed by atoms with van der Waals surface area (Å²) >= 11 is 0. The second-order valence-electron chi connectivity index (χ2n) is 6.94. The number of nitrogens with zero attached hydrogens (tertiary/aromatic N) is 2. The molecule has 1 N–H and O–H groups in total. The maximum Gasteiger partial charge on any atom is 0.238 e. The minimum atomic E-state index is 0.0409. The first-order valence-electron chi connectivity index (χ1n) is 9.19. The molecule has 25 heavy (non-hydrogen) atoms. The lowest BCUT2D eigenvalue weighted by atomic mass is 9.99. The Balaban J connectivity index is 1.56. The number of rotatable bonds is 8. The van der Waals surface area contributed by atoms with E-state index in [1.807, 2.05) is 30.3 Å². The Morgan fingerprint density at radius 2 is 2.00 bits per heavy atom. The van der Waals surface area contributed by atoms with Crippen molar-refractivity contribution >= 4 is 11.6 Å². The van der Waals surface area contributed by atoms with E-state index in [9.17, 15) is 4.79 Å². The van der Waals surface area contributed by atoms with E-state index in [2.05, 4.69) is 41.2 Å². The van der Waals surface area contributed by atoms with Crippen molar-refractivity contribution in [3.8, 4) is 0 Å². The van der Waals surface area contributed by atoms with E-state index in [1.165, 1.54) is 18.4 Å². The largest absolute Gasteiger partial charge is 0.325 e. The number of pyridine rings is 1. The Bertz CT molecular complexity index is 680. The smallest absolute Gasteiger partial charge is 0.238 e. The van der Waals surface area contributed by atoms with Crippen LogP contribution in [0.15, 0.2) is 48.7 Å². The van der Waals surface area contributed by atoms with Crippen LogP contribution in [-0.4, -0.2) is 28.4 Å².